The highest BCUT2D eigenvalue weighted by atomic mass is 32.1. The van der Waals surface area contributed by atoms with E-state index < -0.39 is 13.9 Å². The van der Waals surface area contributed by atoms with Crippen LogP contribution in [0.15, 0.2) is 66.7 Å². The summed E-state index contributed by atoms with van der Waals surface area (Å²) in [7, 11) is -1.96. The van der Waals surface area contributed by atoms with Gasteiger partial charge in [0, 0.05) is 39.2 Å². The number of carbonyl (C=O) groups excluding carboxylic acids is 2. The Balaban J connectivity index is 0.000000410. The third-order valence-electron chi connectivity index (χ3n) is 9.99. The fraction of sp³-hybridized carbons (Fsp3) is 0.500. The molecule has 4 N–H and O–H groups in total. The van der Waals surface area contributed by atoms with Crippen LogP contribution in [-0.2, 0) is 4.74 Å². The average Bonchev–Trinajstić information content (AvgIpc) is 3.50. The van der Waals surface area contributed by atoms with E-state index in [1.807, 2.05) is 75.4 Å². The zero-order chi connectivity index (χ0) is 40.2. The number of ketones is 1. The number of amides is 1. The molecule has 1 aromatic heterocycles. The minimum atomic E-state index is -1.96. The van der Waals surface area contributed by atoms with E-state index in [9.17, 15) is 14.7 Å². The molecule has 300 valence electrons. The number of unbranched alkanes of at least 4 members (excludes halogenated alkanes) is 2. The molecule has 0 aliphatic carbocycles. The molecule has 1 amide bonds. The van der Waals surface area contributed by atoms with Gasteiger partial charge in [-0.25, -0.2) is 4.79 Å². The van der Waals surface area contributed by atoms with Crippen LogP contribution < -0.4 is 20.2 Å². The number of benzene rings is 3. The number of alkyl carbamates (subject to hydrolysis) is 1. The molecule has 0 atom stereocenters. The molecule has 2 heterocycles. The first-order valence-electron chi connectivity index (χ1n) is 19.7. The maximum atomic E-state index is 14.0. The summed E-state index contributed by atoms with van der Waals surface area (Å²) in [6.45, 7) is 22.0. The predicted molar refractivity (Wildman–Crippen MR) is 230 cm³/mol. The van der Waals surface area contributed by atoms with Crippen LogP contribution in [0.3, 0.4) is 0 Å². The van der Waals surface area contributed by atoms with Crippen LogP contribution in [0.4, 0.5) is 4.79 Å². The molecule has 0 spiro atoms. The van der Waals surface area contributed by atoms with Gasteiger partial charge in [0.2, 0.25) is 8.32 Å². The molecule has 9 nitrogen and oxygen atoms in total. The van der Waals surface area contributed by atoms with E-state index in [-0.39, 0.29) is 22.7 Å². The Bertz CT molecular complexity index is 1820. The van der Waals surface area contributed by atoms with Crippen LogP contribution in [0.25, 0.3) is 20.5 Å². The van der Waals surface area contributed by atoms with Crippen LogP contribution in [-0.4, -0.2) is 75.1 Å². The third kappa shape index (κ3) is 13.4. The number of fused-ring (bicyclic) bond motifs is 1. The molecule has 1 saturated heterocycles. The molecular weight excluding hydrogens is 727 g/mol. The van der Waals surface area contributed by atoms with Crippen molar-refractivity contribution in [3.63, 3.8) is 0 Å². The van der Waals surface area contributed by atoms with Crippen molar-refractivity contribution in [3.8, 4) is 27.7 Å². The molecule has 4 aromatic rings. The monoisotopic (exact) mass is 789 g/mol. The number of nitrogens with one attached hydrogen (secondary N) is 1. The number of phenols is 1. The molecule has 0 saturated carbocycles. The second-order valence-corrected chi connectivity index (χ2v) is 22.5. The van der Waals surface area contributed by atoms with Crippen LogP contribution in [0, 0.1) is 0 Å². The molecule has 11 heteroatoms. The lowest BCUT2D eigenvalue weighted by Crippen LogP contribution is -2.43. The second kappa shape index (κ2) is 19.8. The van der Waals surface area contributed by atoms with E-state index in [0.717, 1.165) is 70.9 Å². The Labute approximate surface area is 333 Å². The number of hydrogen-bond donors (Lipinski definition) is 3. The number of nitrogens with zero attached hydrogens (tertiary/aromatic N) is 1. The number of likely N-dealkylation sites (tertiary alicyclic amines) is 1. The highest BCUT2D eigenvalue weighted by molar-refractivity contribution is 7.22. The van der Waals surface area contributed by atoms with E-state index in [0.29, 0.717) is 30.8 Å². The Morgan fingerprint density at radius 2 is 1.53 bits per heavy atom. The standard InChI is InChI=1S/C34H41NO4SSi.C10H22N2O2/c1-34(2,3)41(4,5)39-28-16-11-25(12-17-28)33-31(29-18-13-26(36)23-30(29)40-33)32(37)24-9-14-27(15-10-24)38-22-21-35-19-7-6-8-20-35;1-10(2,3)14-9(13)12-8-6-4-5-7-11/h9-18,23,36H,6-8,19-22H2,1-5H3;4-8,11H2,1-3H3,(H,12,13). The lowest BCUT2D eigenvalue weighted by Gasteiger charge is -2.36. The van der Waals surface area contributed by atoms with Crippen LogP contribution in [0.5, 0.6) is 17.2 Å². The zero-order valence-corrected chi connectivity index (χ0v) is 36.1. The maximum Gasteiger partial charge on any atom is 0.407 e. The number of phenolic OH excluding ortho intramolecular Hbond substituents is 1. The minimum Gasteiger partial charge on any atom is -0.544 e. The van der Waals surface area contributed by atoms with Crippen LogP contribution in [0.1, 0.15) is 96.0 Å². The largest absolute Gasteiger partial charge is 0.544 e. The maximum absolute atomic E-state index is 14.0. The molecule has 0 bridgehead atoms. The van der Waals surface area contributed by atoms with Gasteiger partial charge >= 0.3 is 6.09 Å². The van der Waals surface area contributed by atoms with Crippen molar-refractivity contribution in [2.24, 2.45) is 5.73 Å². The number of aromatic hydroxyl groups is 1. The fourth-order valence-corrected chi connectivity index (χ4v) is 8.18. The number of nitrogens with two attached hydrogens (primary N) is 1. The van der Waals surface area contributed by atoms with Gasteiger partial charge in [-0.3, -0.25) is 9.69 Å². The first-order chi connectivity index (χ1) is 26.0. The number of ether oxygens (including phenoxy) is 2. The molecular formula is C44H63N3O6SSi. The number of thiophene rings is 1. The smallest absolute Gasteiger partial charge is 0.407 e. The third-order valence-corrected chi connectivity index (χ3v) is 15.5. The van der Waals surface area contributed by atoms with E-state index in [4.69, 9.17) is 19.6 Å². The van der Waals surface area contributed by atoms with Gasteiger partial charge in [0.25, 0.3) is 0 Å². The summed E-state index contributed by atoms with van der Waals surface area (Å²) in [6, 6.07) is 20.7. The molecule has 3 aromatic carbocycles. The van der Waals surface area contributed by atoms with Crippen molar-refractivity contribution in [3.05, 3.63) is 77.9 Å². The van der Waals surface area contributed by atoms with Gasteiger partial charge in [-0.05, 0) is 157 Å². The summed E-state index contributed by atoms with van der Waals surface area (Å²) in [5.41, 5.74) is 7.15. The highest BCUT2D eigenvalue weighted by Crippen LogP contribution is 2.42. The Morgan fingerprint density at radius 1 is 0.873 bits per heavy atom. The minimum absolute atomic E-state index is 0.0431. The van der Waals surface area contributed by atoms with Gasteiger partial charge in [0.1, 0.15) is 29.5 Å². The molecule has 55 heavy (non-hydrogen) atoms. The van der Waals surface area contributed by atoms with Gasteiger partial charge < -0.3 is 30.1 Å². The lowest BCUT2D eigenvalue weighted by atomic mass is 9.97. The Morgan fingerprint density at radius 3 is 2.15 bits per heavy atom. The zero-order valence-electron chi connectivity index (χ0n) is 34.3. The van der Waals surface area contributed by atoms with Crippen molar-refractivity contribution >= 4 is 41.6 Å². The van der Waals surface area contributed by atoms with Gasteiger partial charge in [-0.1, -0.05) is 33.6 Å². The number of carbonyl (C=O) groups is 2. The molecule has 1 aliphatic rings. The molecule has 0 unspecified atom stereocenters. The fourth-order valence-electron chi connectivity index (χ4n) is 5.91. The van der Waals surface area contributed by atoms with Gasteiger partial charge in [0.15, 0.2) is 5.78 Å². The van der Waals surface area contributed by atoms with Crippen LogP contribution >= 0.6 is 11.3 Å². The van der Waals surface area contributed by atoms with Gasteiger partial charge in [-0.15, -0.1) is 11.3 Å². The van der Waals surface area contributed by atoms with E-state index in [2.05, 4.69) is 44.1 Å². The van der Waals surface area contributed by atoms with Crippen LogP contribution in [0.2, 0.25) is 18.1 Å². The highest BCUT2D eigenvalue weighted by Gasteiger charge is 2.39. The summed E-state index contributed by atoms with van der Waals surface area (Å²) in [6.07, 6.45) is 6.53. The van der Waals surface area contributed by atoms with Gasteiger partial charge in [-0.2, -0.15) is 0 Å². The van der Waals surface area contributed by atoms with Crippen molar-refractivity contribution < 1.29 is 28.6 Å². The number of hydrogen-bond acceptors (Lipinski definition) is 9. The van der Waals surface area contributed by atoms with Gasteiger partial charge in [0.05, 0.1) is 0 Å². The summed E-state index contributed by atoms with van der Waals surface area (Å²) in [4.78, 5) is 28.4. The quantitative estimate of drug-likeness (QED) is 0.0656. The van der Waals surface area contributed by atoms with Crippen molar-refractivity contribution in [1.29, 1.82) is 0 Å². The molecule has 1 fully saturated rings. The van der Waals surface area contributed by atoms with E-state index in [1.165, 1.54) is 30.6 Å². The topological polar surface area (TPSA) is 123 Å². The molecule has 5 rings (SSSR count). The molecule has 0 radical (unpaired) electrons. The first-order valence-corrected chi connectivity index (χ1v) is 23.4. The first kappa shape index (κ1) is 43.8. The molecule has 1 aliphatic heterocycles. The SMILES string of the molecule is CC(C)(C)OC(=O)NCCCCCN.CC(C)(C)[Si](C)(C)Oc1ccc(-c2sc3cc(O)ccc3c2C(=O)c2ccc(OCCN3CCCCC3)cc2)cc1. The Kier molecular flexibility index (Phi) is 15.8. The predicted octanol–water partition coefficient (Wildman–Crippen LogP) is 10.4. The summed E-state index contributed by atoms with van der Waals surface area (Å²) >= 11 is 1.52. The number of rotatable bonds is 14. The Hall–Kier alpha value is -3.90. The van der Waals surface area contributed by atoms with Crippen molar-refractivity contribution in [2.45, 2.75) is 104 Å². The average molecular weight is 790 g/mol. The lowest BCUT2D eigenvalue weighted by molar-refractivity contribution is 0.0526. The van der Waals surface area contributed by atoms with Crippen molar-refractivity contribution in [1.82, 2.24) is 10.2 Å². The number of piperidine rings is 1. The van der Waals surface area contributed by atoms with E-state index in [1.54, 1.807) is 12.1 Å². The van der Waals surface area contributed by atoms with Crippen molar-refractivity contribution in [2.75, 3.05) is 39.3 Å². The summed E-state index contributed by atoms with van der Waals surface area (Å²) < 4.78 is 18.4. The summed E-state index contributed by atoms with van der Waals surface area (Å²) in [5, 5.41) is 13.8. The normalized spacial score (nSPS) is 13.8. The van der Waals surface area contributed by atoms with E-state index >= 15 is 0 Å². The second-order valence-electron chi connectivity index (χ2n) is 16.8. The summed E-state index contributed by atoms with van der Waals surface area (Å²) in [5.74, 6) is 1.77.